The van der Waals surface area contributed by atoms with Gasteiger partial charge in [0.25, 0.3) is 0 Å². The summed E-state index contributed by atoms with van der Waals surface area (Å²) in [6.07, 6.45) is 3.31. The number of piperidine rings is 1. The fourth-order valence-electron chi connectivity index (χ4n) is 3.46. The molecule has 0 aromatic heterocycles. The molecule has 1 aromatic carbocycles. The Kier molecular flexibility index (Phi) is 5.71. The Morgan fingerprint density at radius 3 is 2.71 bits per heavy atom. The summed E-state index contributed by atoms with van der Waals surface area (Å²) in [5.74, 6) is -0.320. The number of hydrogen-bond acceptors (Lipinski definition) is 2. The van der Waals surface area contributed by atoms with Crippen LogP contribution in [0.4, 0.5) is 8.78 Å². The molecule has 0 radical (unpaired) electrons. The molecule has 1 saturated heterocycles. The predicted molar refractivity (Wildman–Crippen MR) is 82.2 cm³/mol. The minimum Gasteiger partial charge on any atom is -0.330 e. The van der Waals surface area contributed by atoms with Crippen LogP contribution in [0.2, 0.25) is 0 Å². The second kappa shape index (κ2) is 7.32. The van der Waals surface area contributed by atoms with Crippen LogP contribution in [0.25, 0.3) is 0 Å². The molecule has 2 N–H and O–H groups in total. The predicted octanol–water partition coefficient (Wildman–Crippen LogP) is 3.52. The molecular weight excluding hydrogens is 270 g/mol. The van der Waals surface area contributed by atoms with Crippen LogP contribution in [0.3, 0.4) is 0 Å². The summed E-state index contributed by atoms with van der Waals surface area (Å²) in [4.78, 5) is 2.41. The van der Waals surface area contributed by atoms with Crippen molar-refractivity contribution in [3.8, 4) is 0 Å². The molecule has 0 bridgehead atoms. The first kappa shape index (κ1) is 16.4. The van der Waals surface area contributed by atoms with Gasteiger partial charge in [-0.15, -0.1) is 0 Å². The van der Waals surface area contributed by atoms with Crippen LogP contribution in [-0.4, -0.2) is 30.6 Å². The van der Waals surface area contributed by atoms with Crippen LogP contribution in [-0.2, 0) is 0 Å². The van der Waals surface area contributed by atoms with Gasteiger partial charge in [0.2, 0.25) is 0 Å². The standard InChI is InChI=1S/C17H26F2N2/c1-12(2)11-21-8-4-3-5-17(21)15(10-20)14-9-13(18)6-7-16(14)19/h6-7,9,12,15,17H,3-5,8,10-11,20H2,1-2H3. The first-order chi connectivity index (χ1) is 10.0. The van der Waals surface area contributed by atoms with E-state index in [-0.39, 0.29) is 17.8 Å². The van der Waals surface area contributed by atoms with Gasteiger partial charge in [-0.1, -0.05) is 20.3 Å². The third-order valence-electron chi connectivity index (χ3n) is 4.34. The van der Waals surface area contributed by atoms with Gasteiger partial charge >= 0.3 is 0 Å². The summed E-state index contributed by atoms with van der Waals surface area (Å²) in [6.45, 7) is 6.73. The number of nitrogens with two attached hydrogens (primary N) is 1. The molecule has 1 aromatic rings. The van der Waals surface area contributed by atoms with E-state index in [2.05, 4.69) is 18.7 Å². The Labute approximate surface area is 126 Å². The van der Waals surface area contributed by atoms with E-state index in [0.29, 0.717) is 18.0 Å². The third-order valence-corrected chi connectivity index (χ3v) is 4.34. The second-order valence-electron chi connectivity index (χ2n) is 6.46. The highest BCUT2D eigenvalue weighted by Crippen LogP contribution is 2.32. The van der Waals surface area contributed by atoms with Crippen molar-refractivity contribution in [1.82, 2.24) is 4.90 Å². The summed E-state index contributed by atoms with van der Waals surface area (Å²) in [7, 11) is 0. The monoisotopic (exact) mass is 296 g/mol. The van der Waals surface area contributed by atoms with Crippen LogP contribution in [0.15, 0.2) is 18.2 Å². The number of halogens is 2. The Morgan fingerprint density at radius 1 is 1.29 bits per heavy atom. The third kappa shape index (κ3) is 4.01. The minimum atomic E-state index is -0.393. The Balaban J connectivity index is 2.27. The topological polar surface area (TPSA) is 29.3 Å². The Hall–Kier alpha value is -1.00. The van der Waals surface area contributed by atoms with E-state index < -0.39 is 5.82 Å². The fraction of sp³-hybridized carbons (Fsp3) is 0.647. The molecule has 0 amide bonds. The molecule has 0 aliphatic carbocycles. The molecule has 1 fully saturated rings. The van der Waals surface area contributed by atoms with E-state index in [1.54, 1.807) is 0 Å². The van der Waals surface area contributed by atoms with E-state index in [0.717, 1.165) is 25.9 Å². The SMILES string of the molecule is CC(C)CN1CCCCC1C(CN)c1cc(F)ccc1F. The lowest BCUT2D eigenvalue weighted by atomic mass is 9.84. The van der Waals surface area contributed by atoms with Gasteiger partial charge in [0.15, 0.2) is 0 Å². The Bertz CT molecular complexity index is 462. The Morgan fingerprint density at radius 2 is 2.05 bits per heavy atom. The van der Waals surface area contributed by atoms with Crippen molar-refractivity contribution >= 4 is 0 Å². The highest BCUT2D eigenvalue weighted by Gasteiger charge is 2.32. The lowest BCUT2D eigenvalue weighted by molar-refractivity contribution is 0.111. The van der Waals surface area contributed by atoms with Gasteiger partial charge in [0.05, 0.1) is 0 Å². The van der Waals surface area contributed by atoms with E-state index in [4.69, 9.17) is 5.73 Å². The van der Waals surface area contributed by atoms with Crippen LogP contribution in [0.5, 0.6) is 0 Å². The summed E-state index contributed by atoms with van der Waals surface area (Å²) in [5.41, 5.74) is 6.36. The van der Waals surface area contributed by atoms with Crippen LogP contribution in [0, 0.1) is 17.6 Å². The van der Waals surface area contributed by atoms with Gasteiger partial charge < -0.3 is 5.73 Å². The molecule has 2 rings (SSSR count). The lowest BCUT2D eigenvalue weighted by Crippen LogP contribution is -2.46. The van der Waals surface area contributed by atoms with Gasteiger partial charge in [0.1, 0.15) is 11.6 Å². The van der Waals surface area contributed by atoms with E-state index in [9.17, 15) is 8.78 Å². The van der Waals surface area contributed by atoms with Crippen molar-refractivity contribution in [2.24, 2.45) is 11.7 Å². The summed E-state index contributed by atoms with van der Waals surface area (Å²) in [6, 6.07) is 3.90. The van der Waals surface area contributed by atoms with Gasteiger partial charge in [-0.05, 0) is 49.1 Å². The van der Waals surface area contributed by atoms with E-state index in [1.807, 2.05) is 0 Å². The molecule has 4 heteroatoms. The van der Waals surface area contributed by atoms with Gasteiger partial charge in [-0.25, -0.2) is 8.78 Å². The zero-order valence-corrected chi connectivity index (χ0v) is 13.0. The van der Waals surface area contributed by atoms with Crippen molar-refractivity contribution < 1.29 is 8.78 Å². The van der Waals surface area contributed by atoms with Crippen molar-refractivity contribution in [1.29, 1.82) is 0 Å². The molecule has 118 valence electrons. The quantitative estimate of drug-likeness (QED) is 0.901. The zero-order chi connectivity index (χ0) is 15.4. The largest absolute Gasteiger partial charge is 0.330 e. The lowest BCUT2D eigenvalue weighted by Gasteiger charge is -2.41. The van der Waals surface area contributed by atoms with Crippen LogP contribution >= 0.6 is 0 Å². The molecule has 2 unspecified atom stereocenters. The molecule has 2 atom stereocenters. The molecule has 0 spiro atoms. The van der Waals surface area contributed by atoms with Crippen molar-refractivity contribution in [2.75, 3.05) is 19.6 Å². The van der Waals surface area contributed by atoms with Gasteiger partial charge in [-0.2, -0.15) is 0 Å². The van der Waals surface area contributed by atoms with Gasteiger partial charge in [0, 0.05) is 25.0 Å². The highest BCUT2D eigenvalue weighted by atomic mass is 19.1. The molecule has 2 nitrogen and oxygen atoms in total. The molecular formula is C17H26F2N2. The average molecular weight is 296 g/mol. The maximum atomic E-state index is 14.1. The minimum absolute atomic E-state index is 0.139. The first-order valence-corrected chi connectivity index (χ1v) is 7.92. The highest BCUT2D eigenvalue weighted by molar-refractivity contribution is 5.25. The molecule has 0 saturated carbocycles. The van der Waals surface area contributed by atoms with Crippen molar-refractivity contribution in [3.05, 3.63) is 35.4 Å². The second-order valence-corrected chi connectivity index (χ2v) is 6.46. The number of benzene rings is 1. The number of likely N-dealkylation sites (tertiary alicyclic amines) is 1. The smallest absolute Gasteiger partial charge is 0.126 e. The molecule has 1 aliphatic heterocycles. The fourth-order valence-corrected chi connectivity index (χ4v) is 3.46. The number of hydrogen-bond donors (Lipinski definition) is 1. The maximum Gasteiger partial charge on any atom is 0.126 e. The van der Waals surface area contributed by atoms with Crippen molar-refractivity contribution in [2.45, 2.75) is 45.1 Å². The summed E-state index contributed by atoms with van der Waals surface area (Å²) < 4.78 is 27.6. The number of nitrogens with zero attached hydrogens (tertiary/aromatic N) is 1. The summed E-state index contributed by atoms with van der Waals surface area (Å²) >= 11 is 0. The summed E-state index contributed by atoms with van der Waals surface area (Å²) in [5, 5.41) is 0. The maximum absolute atomic E-state index is 14.1. The first-order valence-electron chi connectivity index (χ1n) is 7.92. The average Bonchev–Trinajstić information content (AvgIpc) is 2.44. The zero-order valence-electron chi connectivity index (χ0n) is 13.0. The van der Waals surface area contributed by atoms with Gasteiger partial charge in [-0.3, -0.25) is 4.90 Å². The van der Waals surface area contributed by atoms with E-state index >= 15 is 0 Å². The van der Waals surface area contributed by atoms with Crippen molar-refractivity contribution in [3.63, 3.8) is 0 Å². The van der Waals surface area contributed by atoms with Crippen LogP contribution < -0.4 is 5.73 Å². The van der Waals surface area contributed by atoms with E-state index in [1.165, 1.54) is 24.6 Å². The normalized spacial score (nSPS) is 21.7. The van der Waals surface area contributed by atoms with Crippen LogP contribution in [0.1, 0.15) is 44.6 Å². The number of rotatable bonds is 5. The molecule has 1 heterocycles. The molecule has 21 heavy (non-hydrogen) atoms. The molecule has 1 aliphatic rings.